The summed E-state index contributed by atoms with van der Waals surface area (Å²) in [5.74, 6) is 1.33. The third kappa shape index (κ3) is 2.83. The molecule has 19 heavy (non-hydrogen) atoms. The molecule has 0 aliphatic carbocycles. The molecule has 0 aliphatic heterocycles. The fourth-order valence-electron chi connectivity index (χ4n) is 1.95. The highest BCUT2D eigenvalue weighted by Gasteiger charge is 2.14. The van der Waals surface area contributed by atoms with Crippen LogP contribution >= 0.6 is 11.6 Å². The molecular weight excluding hydrogens is 262 g/mol. The van der Waals surface area contributed by atoms with Gasteiger partial charge in [-0.25, -0.2) is 0 Å². The maximum Gasteiger partial charge on any atom is 0.161 e. The predicted octanol–water partition coefficient (Wildman–Crippen LogP) is 3.41. The quantitative estimate of drug-likeness (QED) is 0.931. The molecule has 2 N–H and O–H groups in total. The van der Waals surface area contributed by atoms with E-state index >= 15 is 0 Å². The first kappa shape index (κ1) is 13.7. The molecule has 0 radical (unpaired) electrons. The molecule has 3 nitrogen and oxygen atoms in total. The summed E-state index contributed by atoms with van der Waals surface area (Å²) in [5, 5.41) is 0.657. The zero-order chi connectivity index (χ0) is 13.8. The summed E-state index contributed by atoms with van der Waals surface area (Å²) in [6, 6.07) is 12.9. The van der Waals surface area contributed by atoms with Crippen LogP contribution in [0.25, 0.3) is 0 Å². The Morgan fingerprint density at radius 1 is 1.00 bits per heavy atom. The van der Waals surface area contributed by atoms with E-state index in [-0.39, 0.29) is 6.04 Å². The Kier molecular flexibility index (Phi) is 4.30. The lowest BCUT2D eigenvalue weighted by Crippen LogP contribution is -2.12. The Morgan fingerprint density at radius 3 is 2.32 bits per heavy atom. The summed E-state index contributed by atoms with van der Waals surface area (Å²) in [5.41, 5.74) is 8.06. The van der Waals surface area contributed by atoms with Crippen LogP contribution in [0.2, 0.25) is 5.02 Å². The normalized spacial score (nSPS) is 12.0. The Labute approximate surface area is 117 Å². The van der Waals surface area contributed by atoms with Crippen LogP contribution in [0.1, 0.15) is 17.2 Å². The van der Waals surface area contributed by atoms with Gasteiger partial charge in [-0.15, -0.1) is 0 Å². The molecule has 0 unspecified atom stereocenters. The van der Waals surface area contributed by atoms with Crippen LogP contribution in [-0.4, -0.2) is 14.2 Å². The summed E-state index contributed by atoms with van der Waals surface area (Å²) < 4.78 is 10.5. The first-order chi connectivity index (χ1) is 9.17. The Balaban J connectivity index is 2.39. The van der Waals surface area contributed by atoms with Crippen LogP contribution in [-0.2, 0) is 0 Å². The van der Waals surface area contributed by atoms with Gasteiger partial charge in [0.05, 0.1) is 20.3 Å². The summed E-state index contributed by atoms with van der Waals surface area (Å²) in [4.78, 5) is 0. The molecule has 100 valence electrons. The number of hydrogen-bond donors (Lipinski definition) is 1. The number of rotatable bonds is 4. The van der Waals surface area contributed by atoms with Crippen molar-refractivity contribution in [1.29, 1.82) is 0 Å². The number of nitrogens with two attached hydrogens (primary N) is 1. The summed E-state index contributed by atoms with van der Waals surface area (Å²) >= 11 is 6.17. The van der Waals surface area contributed by atoms with Crippen molar-refractivity contribution in [1.82, 2.24) is 0 Å². The molecule has 0 aliphatic rings. The maximum absolute atomic E-state index is 6.25. The lowest BCUT2D eigenvalue weighted by atomic mass is 9.99. The van der Waals surface area contributed by atoms with Crippen LogP contribution < -0.4 is 15.2 Å². The van der Waals surface area contributed by atoms with E-state index in [2.05, 4.69) is 0 Å². The number of halogens is 1. The SMILES string of the molecule is COc1ccc([C@H](N)c2ccccc2Cl)cc1OC. The lowest BCUT2D eigenvalue weighted by molar-refractivity contribution is 0.354. The number of benzene rings is 2. The first-order valence-corrected chi connectivity index (χ1v) is 6.27. The van der Waals surface area contributed by atoms with Gasteiger partial charge in [-0.05, 0) is 29.3 Å². The molecule has 0 aromatic heterocycles. The molecule has 2 aromatic rings. The highest BCUT2D eigenvalue weighted by molar-refractivity contribution is 6.31. The van der Waals surface area contributed by atoms with Crippen molar-refractivity contribution in [2.24, 2.45) is 5.73 Å². The molecule has 0 saturated heterocycles. The van der Waals surface area contributed by atoms with Crippen molar-refractivity contribution in [2.75, 3.05) is 14.2 Å². The average molecular weight is 278 g/mol. The predicted molar refractivity (Wildman–Crippen MR) is 77.0 cm³/mol. The van der Waals surface area contributed by atoms with E-state index in [0.717, 1.165) is 11.1 Å². The monoisotopic (exact) mass is 277 g/mol. The van der Waals surface area contributed by atoms with Crippen LogP contribution in [0, 0.1) is 0 Å². The number of ether oxygens (including phenoxy) is 2. The number of methoxy groups -OCH3 is 2. The van der Waals surface area contributed by atoms with Gasteiger partial charge in [0.15, 0.2) is 11.5 Å². The molecule has 2 rings (SSSR count). The van der Waals surface area contributed by atoms with Crippen molar-refractivity contribution in [2.45, 2.75) is 6.04 Å². The fraction of sp³-hybridized carbons (Fsp3) is 0.200. The summed E-state index contributed by atoms with van der Waals surface area (Å²) in [6.07, 6.45) is 0. The lowest BCUT2D eigenvalue weighted by Gasteiger charge is -2.16. The third-order valence-corrected chi connectivity index (χ3v) is 3.35. The van der Waals surface area contributed by atoms with E-state index in [1.54, 1.807) is 14.2 Å². The van der Waals surface area contributed by atoms with Gasteiger partial charge >= 0.3 is 0 Å². The fourth-order valence-corrected chi connectivity index (χ4v) is 2.21. The Bertz CT molecular complexity index is 572. The van der Waals surface area contributed by atoms with Gasteiger partial charge in [-0.3, -0.25) is 0 Å². The Hall–Kier alpha value is -1.71. The van der Waals surface area contributed by atoms with Crippen LogP contribution in [0.15, 0.2) is 42.5 Å². The smallest absolute Gasteiger partial charge is 0.161 e. The standard InChI is InChI=1S/C15H16ClNO2/c1-18-13-8-7-10(9-14(13)19-2)15(17)11-5-3-4-6-12(11)16/h3-9,15H,17H2,1-2H3/t15-/m0/s1. The van der Waals surface area contributed by atoms with Crippen molar-refractivity contribution in [3.8, 4) is 11.5 Å². The molecule has 0 fully saturated rings. The minimum Gasteiger partial charge on any atom is -0.493 e. The molecule has 0 amide bonds. The molecule has 2 aromatic carbocycles. The van der Waals surface area contributed by atoms with Crippen molar-refractivity contribution >= 4 is 11.6 Å². The van der Waals surface area contributed by atoms with E-state index in [4.69, 9.17) is 26.8 Å². The van der Waals surface area contributed by atoms with E-state index in [1.165, 1.54) is 0 Å². The minimum atomic E-state index is -0.298. The highest BCUT2D eigenvalue weighted by Crippen LogP contribution is 2.33. The molecule has 0 bridgehead atoms. The number of hydrogen-bond acceptors (Lipinski definition) is 3. The van der Waals surface area contributed by atoms with Gasteiger partial charge < -0.3 is 15.2 Å². The highest BCUT2D eigenvalue weighted by atomic mass is 35.5. The van der Waals surface area contributed by atoms with Gasteiger partial charge in [0.1, 0.15) is 0 Å². The second kappa shape index (κ2) is 5.95. The molecule has 4 heteroatoms. The third-order valence-electron chi connectivity index (χ3n) is 3.01. The van der Waals surface area contributed by atoms with Gasteiger partial charge in [-0.1, -0.05) is 35.9 Å². The summed E-state index contributed by atoms with van der Waals surface area (Å²) in [7, 11) is 3.20. The second-order valence-corrected chi connectivity index (χ2v) is 4.52. The molecular formula is C15H16ClNO2. The van der Waals surface area contributed by atoms with Crippen LogP contribution in [0.3, 0.4) is 0 Å². The topological polar surface area (TPSA) is 44.5 Å². The van der Waals surface area contributed by atoms with Gasteiger partial charge in [0, 0.05) is 5.02 Å². The van der Waals surface area contributed by atoms with Crippen molar-refractivity contribution < 1.29 is 9.47 Å². The zero-order valence-electron chi connectivity index (χ0n) is 10.9. The largest absolute Gasteiger partial charge is 0.493 e. The minimum absolute atomic E-state index is 0.298. The summed E-state index contributed by atoms with van der Waals surface area (Å²) in [6.45, 7) is 0. The van der Waals surface area contributed by atoms with E-state index < -0.39 is 0 Å². The van der Waals surface area contributed by atoms with E-state index in [0.29, 0.717) is 16.5 Å². The van der Waals surface area contributed by atoms with Crippen molar-refractivity contribution in [3.05, 3.63) is 58.6 Å². The van der Waals surface area contributed by atoms with E-state index in [1.807, 2.05) is 42.5 Å². The van der Waals surface area contributed by atoms with Gasteiger partial charge in [0.2, 0.25) is 0 Å². The molecule has 1 atom stereocenters. The molecule has 0 heterocycles. The molecule has 0 spiro atoms. The van der Waals surface area contributed by atoms with E-state index in [9.17, 15) is 0 Å². The average Bonchev–Trinajstić information content (AvgIpc) is 2.46. The van der Waals surface area contributed by atoms with Gasteiger partial charge in [0.25, 0.3) is 0 Å². The maximum atomic E-state index is 6.25. The van der Waals surface area contributed by atoms with Crippen LogP contribution in [0.5, 0.6) is 11.5 Å². The first-order valence-electron chi connectivity index (χ1n) is 5.89. The zero-order valence-corrected chi connectivity index (χ0v) is 11.6. The molecule has 0 saturated carbocycles. The van der Waals surface area contributed by atoms with Gasteiger partial charge in [-0.2, -0.15) is 0 Å². The second-order valence-electron chi connectivity index (χ2n) is 4.11. The Morgan fingerprint density at radius 2 is 1.68 bits per heavy atom. The van der Waals surface area contributed by atoms with Crippen LogP contribution in [0.4, 0.5) is 0 Å². The van der Waals surface area contributed by atoms with Crippen molar-refractivity contribution in [3.63, 3.8) is 0 Å².